The van der Waals surface area contributed by atoms with E-state index >= 15 is 0 Å². The Morgan fingerprint density at radius 3 is 2.85 bits per heavy atom. The molecule has 2 rings (SSSR count). The summed E-state index contributed by atoms with van der Waals surface area (Å²) in [6.45, 7) is 3.67. The first-order chi connectivity index (χ1) is 6.20. The molecule has 0 fully saturated rings. The van der Waals surface area contributed by atoms with Crippen molar-refractivity contribution in [3.05, 3.63) is 35.8 Å². The number of rotatable bonds is 0. The molecule has 0 atom stereocenters. The largest absolute Gasteiger partial charge is 0.501 e. The molecule has 0 spiro atoms. The fourth-order valence-electron chi connectivity index (χ4n) is 1.41. The molecular formula is C10H11N2O+. The molecule has 66 valence electrons. The normalized spacial score (nSPS) is 10.6. The maximum absolute atomic E-state index is 9.62. The summed E-state index contributed by atoms with van der Waals surface area (Å²) in [7, 11) is 0. The van der Waals surface area contributed by atoms with Crippen LogP contribution in [0.3, 0.4) is 0 Å². The zero-order chi connectivity index (χ0) is 9.42. The zero-order valence-corrected chi connectivity index (χ0v) is 7.65. The lowest BCUT2D eigenvalue weighted by atomic mass is 10.3. The molecule has 13 heavy (non-hydrogen) atoms. The number of hydrogen-bond donors (Lipinski definition) is 1. The topological polar surface area (TPSA) is 37.2 Å². The summed E-state index contributed by atoms with van der Waals surface area (Å²) in [5, 5.41) is 9.62. The molecule has 0 saturated heterocycles. The monoisotopic (exact) mass is 175 g/mol. The lowest BCUT2D eigenvalue weighted by molar-refractivity contribution is -0.523. The van der Waals surface area contributed by atoms with Gasteiger partial charge in [-0.3, -0.25) is 0 Å². The summed E-state index contributed by atoms with van der Waals surface area (Å²) in [6, 6.07) is 5.76. The van der Waals surface area contributed by atoms with Gasteiger partial charge in [0.1, 0.15) is 0 Å². The highest BCUT2D eigenvalue weighted by Crippen LogP contribution is 2.15. The van der Waals surface area contributed by atoms with E-state index in [2.05, 4.69) is 4.98 Å². The van der Waals surface area contributed by atoms with Crippen molar-refractivity contribution < 1.29 is 9.51 Å². The minimum absolute atomic E-state index is 0.267. The fourth-order valence-corrected chi connectivity index (χ4v) is 1.41. The Hall–Kier alpha value is -1.64. The predicted octanol–water partition coefficient (Wildman–Crippen LogP) is 1.14. The first-order valence-corrected chi connectivity index (χ1v) is 4.16. The number of aromatic nitrogens is 2. The van der Waals surface area contributed by atoms with Crippen molar-refractivity contribution >= 4 is 5.65 Å². The third kappa shape index (κ3) is 1.13. The summed E-state index contributed by atoms with van der Waals surface area (Å²) < 4.78 is 1.86. The Morgan fingerprint density at radius 1 is 1.31 bits per heavy atom. The summed E-state index contributed by atoms with van der Waals surface area (Å²) in [5.41, 5.74) is 2.35. The van der Waals surface area contributed by atoms with E-state index in [0.29, 0.717) is 5.69 Å². The van der Waals surface area contributed by atoms with Crippen LogP contribution in [-0.2, 0) is 0 Å². The Kier molecular flexibility index (Phi) is 1.65. The van der Waals surface area contributed by atoms with Crippen LogP contribution in [0.5, 0.6) is 5.75 Å². The Bertz CT molecular complexity index is 466. The van der Waals surface area contributed by atoms with Crippen LogP contribution in [0.15, 0.2) is 24.4 Å². The molecule has 2 heterocycles. The number of pyridine rings is 1. The Morgan fingerprint density at radius 2 is 2.08 bits per heavy atom. The van der Waals surface area contributed by atoms with Gasteiger partial charge in [-0.1, -0.05) is 6.07 Å². The molecule has 0 aliphatic carbocycles. The maximum atomic E-state index is 9.62. The minimum Gasteiger partial charge on any atom is -0.501 e. The summed E-state index contributed by atoms with van der Waals surface area (Å²) in [4.78, 5) is 4.25. The van der Waals surface area contributed by atoms with E-state index in [-0.39, 0.29) is 5.75 Å². The van der Waals surface area contributed by atoms with Gasteiger partial charge >= 0.3 is 5.65 Å². The maximum Gasteiger partial charge on any atom is 0.328 e. The highest BCUT2D eigenvalue weighted by molar-refractivity contribution is 5.36. The van der Waals surface area contributed by atoms with Gasteiger partial charge in [0.2, 0.25) is 5.75 Å². The average molecular weight is 175 g/mol. The van der Waals surface area contributed by atoms with Crippen molar-refractivity contribution in [2.45, 2.75) is 13.8 Å². The summed E-state index contributed by atoms with van der Waals surface area (Å²) >= 11 is 0. The molecule has 0 saturated carbocycles. The number of hydrogen-bond acceptors (Lipinski definition) is 2. The van der Waals surface area contributed by atoms with E-state index in [4.69, 9.17) is 0 Å². The standard InChI is InChI=1S/C10H10N2O/c1-7-10(13)8(2)12-6-4-3-5-9(12)11-7/h3-6H,1-2H3/p+1. The summed E-state index contributed by atoms with van der Waals surface area (Å²) in [5.74, 6) is 0.267. The Balaban J connectivity index is 2.94. The quantitative estimate of drug-likeness (QED) is 0.610. The average Bonchev–Trinajstić information content (AvgIpc) is 2.15. The van der Waals surface area contributed by atoms with Crippen LogP contribution < -0.4 is 4.40 Å². The molecule has 2 aromatic heterocycles. The van der Waals surface area contributed by atoms with Crippen LogP contribution in [0.25, 0.3) is 5.65 Å². The van der Waals surface area contributed by atoms with Crippen LogP contribution in [0.4, 0.5) is 0 Å². The van der Waals surface area contributed by atoms with E-state index in [0.717, 1.165) is 11.3 Å². The van der Waals surface area contributed by atoms with Crippen LogP contribution in [0, 0.1) is 13.8 Å². The van der Waals surface area contributed by atoms with E-state index < -0.39 is 0 Å². The molecule has 1 N–H and O–H groups in total. The van der Waals surface area contributed by atoms with Crippen LogP contribution in [-0.4, -0.2) is 10.1 Å². The van der Waals surface area contributed by atoms with Crippen LogP contribution >= 0.6 is 0 Å². The zero-order valence-electron chi connectivity index (χ0n) is 7.65. The third-order valence-corrected chi connectivity index (χ3v) is 2.17. The van der Waals surface area contributed by atoms with Crippen molar-refractivity contribution in [3.63, 3.8) is 0 Å². The number of aryl methyl sites for hydroxylation is 2. The van der Waals surface area contributed by atoms with Crippen LogP contribution in [0.2, 0.25) is 0 Å². The molecular weight excluding hydrogens is 164 g/mol. The second kappa shape index (κ2) is 2.69. The molecule has 3 heteroatoms. The molecule has 0 aliphatic heterocycles. The lowest BCUT2D eigenvalue weighted by Gasteiger charge is -1.99. The van der Waals surface area contributed by atoms with Gasteiger partial charge in [-0.05, 0) is 11.1 Å². The number of fused-ring (bicyclic) bond motifs is 1. The first-order valence-electron chi connectivity index (χ1n) is 4.16. The van der Waals surface area contributed by atoms with Crippen molar-refractivity contribution in [1.29, 1.82) is 0 Å². The summed E-state index contributed by atoms with van der Waals surface area (Å²) in [6.07, 6.45) is 1.89. The van der Waals surface area contributed by atoms with Gasteiger partial charge < -0.3 is 5.11 Å². The highest BCUT2D eigenvalue weighted by atomic mass is 16.3. The second-order valence-electron chi connectivity index (χ2n) is 3.06. The van der Waals surface area contributed by atoms with Gasteiger partial charge in [0.25, 0.3) is 0 Å². The van der Waals surface area contributed by atoms with Gasteiger partial charge in [-0.2, -0.15) is 4.40 Å². The molecule has 0 bridgehead atoms. The molecule has 0 unspecified atom stereocenters. The third-order valence-electron chi connectivity index (χ3n) is 2.17. The van der Waals surface area contributed by atoms with E-state index in [1.807, 2.05) is 35.7 Å². The number of aromatic hydroxyl groups is 1. The van der Waals surface area contributed by atoms with Crippen LogP contribution in [0.1, 0.15) is 11.4 Å². The lowest BCUT2D eigenvalue weighted by Crippen LogP contribution is -2.26. The van der Waals surface area contributed by atoms with Gasteiger partial charge in [0.15, 0.2) is 11.4 Å². The number of nitrogens with zero attached hydrogens (tertiary/aromatic N) is 2. The fraction of sp³-hybridized carbons (Fsp3) is 0.200. The van der Waals surface area contributed by atoms with Gasteiger partial charge in [0, 0.05) is 19.9 Å². The predicted molar refractivity (Wildman–Crippen MR) is 48.5 cm³/mol. The molecule has 3 nitrogen and oxygen atoms in total. The smallest absolute Gasteiger partial charge is 0.328 e. The van der Waals surface area contributed by atoms with E-state index in [9.17, 15) is 5.11 Å². The minimum atomic E-state index is 0.267. The van der Waals surface area contributed by atoms with E-state index in [1.54, 1.807) is 6.92 Å². The van der Waals surface area contributed by atoms with Crippen molar-refractivity contribution in [2.24, 2.45) is 0 Å². The Labute approximate surface area is 76.3 Å². The second-order valence-corrected chi connectivity index (χ2v) is 3.06. The van der Waals surface area contributed by atoms with Crippen molar-refractivity contribution in [1.82, 2.24) is 4.98 Å². The molecule has 0 aromatic carbocycles. The van der Waals surface area contributed by atoms with Gasteiger partial charge in [-0.25, -0.2) is 0 Å². The highest BCUT2D eigenvalue weighted by Gasteiger charge is 2.14. The van der Waals surface area contributed by atoms with E-state index in [1.165, 1.54) is 0 Å². The first kappa shape index (κ1) is 7.98. The van der Waals surface area contributed by atoms with Crippen molar-refractivity contribution in [3.8, 4) is 5.75 Å². The van der Waals surface area contributed by atoms with Gasteiger partial charge in [-0.15, -0.1) is 0 Å². The SMILES string of the molecule is Cc1nc2cccc[n+]2c(C)c1O. The molecule has 0 radical (unpaired) electrons. The molecule has 0 aliphatic rings. The molecule has 0 amide bonds. The van der Waals surface area contributed by atoms with Crippen molar-refractivity contribution in [2.75, 3.05) is 0 Å². The van der Waals surface area contributed by atoms with Gasteiger partial charge in [0.05, 0.1) is 6.20 Å². The molecule has 2 aromatic rings.